The predicted molar refractivity (Wildman–Crippen MR) is 95.7 cm³/mol. The second-order valence-electron chi connectivity index (χ2n) is 7.18. The molecule has 0 spiro atoms. The maximum Gasteiger partial charge on any atom is 0.344 e. The molecule has 25 heavy (non-hydrogen) atoms. The molecule has 2 heterocycles. The first-order valence-corrected chi connectivity index (χ1v) is 8.77. The number of aliphatic hydroxyl groups is 1. The van der Waals surface area contributed by atoms with Crippen molar-refractivity contribution in [1.29, 1.82) is 0 Å². The van der Waals surface area contributed by atoms with Gasteiger partial charge >= 0.3 is 5.97 Å². The Morgan fingerprint density at radius 1 is 1.16 bits per heavy atom. The molecule has 132 valence electrons. The number of rotatable bonds is 2. The number of hydrogen-bond acceptors (Lipinski definition) is 5. The number of carbonyl (C=O) groups is 1. The van der Waals surface area contributed by atoms with E-state index in [1.807, 2.05) is 20.8 Å². The fourth-order valence-corrected chi connectivity index (χ4v) is 3.58. The van der Waals surface area contributed by atoms with Crippen LogP contribution < -0.4 is 0 Å². The van der Waals surface area contributed by atoms with Crippen LogP contribution in [0.3, 0.4) is 0 Å². The van der Waals surface area contributed by atoms with Gasteiger partial charge in [0.25, 0.3) is 0 Å². The molecule has 1 aromatic heterocycles. The van der Waals surface area contributed by atoms with Crippen LogP contribution >= 0.6 is 11.3 Å². The maximum absolute atomic E-state index is 13.1. The highest BCUT2D eigenvalue weighted by atomic mass is 32.1. The van der Waals surface area contributed by atoms with E-state index >= 15 is 0 Å². The minimum atomic E-state index is -0.832. The number of carbonyl (C=O) groups excluding carboxylic acids is 1. The van der Waals surface area contributed by atoms with Crippen molar-refractivity contribution in [1.82, 2.24) is 4.98 Å². The molecule has 0 bridgehead atoms. The van der Waals surface area contributed by atoms with Gasteiger partial charge in [0.1, 0.15) is 27.8 Å². The number of aliphatic hydroxyl groups excluding tert-OH is 1. The Morgan fingerprint density at radius 3 is 2.36 bits per heavy atom. The summed E-state index contributed by atoms with van der Waals surface area (Å²) in [5.41, 5.74) is -0.310. The summed E-state index contributed by atoms with van der Waals surface area (Å²) >= 11 is 1.38. The van der Waals surface area contributed by atoms with Crippen LogP contribution in [0.2, 0.25) is 0 Å². The lowest BCUT2D eigenvalue weighted by atomic mass is 9.72. The Labute approximate surface area is 150 Å². The van der Waals surface area contributed by atoms with Gasteiger partial charge in [-0.1, -0.05) is 0 Å². The number of benzene rings is 1. The fraction of sp³-hybridized carbons (Fsp3) is 0.368. The largest absolute Gasteiger partial charge is 0.511 e. The molecular weight excluding hydrogens is 341 g/mol. The van der Waals surface area contributed by atoms with Crippen molar-refractivity contribution in [3.63, 3.8) is 0 Å². The summed E-state index contributed by atoms with van der Waals surface area (Å²) in [7, 11) is 0. The van der Waals surface area contributed by atoms with E-state index in [9.17, 15) is 14.3 Å². The van der Waals surface area contributed by atoms with Crippen molar-refractivity contribution in [2.24, 2.45) is 5.41 Å². The summed E-state index contributed by atoms with van der Waals surface area (Å²) < 4.78 is 18.7. The van der Waals surface area contributed by atoms with Crippen molar-refractivity contribution in [3.05, 3.63) is 46.4 Å². The highest BCUT2D eigenvalue weighted by Crippen LogP contribution is 2.47. The Morgan fingerprint density at radius 2 is 1.76 bits per heavy atom. The smallest absolute Gasteiger partial charge is 0.344 e. The van der Waals surface area contributed by atoms with Crippen LogP contribution in [0.1, 0.15) is 38.3 Å². The normalized spacial score (nSPS) is 19.0. The minimum Gasteiger partial charge on any atom is -0.511 e. The molecule has 1 aliphatic rings. The van der Waals surface area contributed by atoms with Gasteiger partial charge in [-0.05, 0) is 58.9 Å². The van der Waals surface area contributed by atoms with Gasteiger partial charge in [0, 0.05) is 10.4 Å². The van der Waals surface area contributed by atoms with Gasteiger partial charge in [-0.25, -0.2) is 14.2 Å². The van der Waals surface area contributed by atoms with E-state index in [1.54, 1.807) is 26.0 Å². The quantitative estimate of drug-likeness (QED) is 0.774. The van der Waals surface area contributed by atoms with Crippen LogP contribution in [-0.4, -0.2) is 21.7 Å². The molecule has 6 heteroatoms. The highest BCUT2D eigenvalue weighted by molar-refractivity contribution is 7.15. The van der Waals surface area contributed by atoms with Gasteiger partial charge in [-0.15, -0.1) is 11.3 Å². The van der Waals surface area contributed by atoms with Crippen molar-refractivity contribution in [2.45, 2.75) is 40.2 Å². The van der Waals surface area contributed by atoms with Crippen LogP contribution in [0.5, 0.6) is 0 Å². The standard InChI is InChI=1S/C19H20FNO3S/c1-10-14(21-16(25-10)11-6-8-12(20)9-7-11)13-15(22)18(2,3)19(4,5)24-17(13)23/h6-9,22H,1-5H3. The van der Waals surface area contributed by atoms with E-state index in [1.165, 1.54) is 23.5 Å². The third kappa shape index (κ3) is 2.74. The van der Waals surface area contributed by atoms with Gasteiger partial charge in [0.15, 0.2) is 0 Å². The molecule has 0 amide bonds. The number of hydrogen-bond donors (Lipinski definition) is 1. The molecule has 0 unspecified atom stereocenters. The first kappa shape index (κ1) is 17.6. The number of ether oxygens (including phenoxy) is 1. The lowest BCUT2D eigenvalue weighted by molar-refractivity contribution is -0.164. The topological polar surface area (TPSA) is 59.4 Å². The Hall–Kier alpha value is -2.21. The Bertz CT molecular complexity index is 879. The molecule has 1 aromatic carbocycles. The van der Waals surface area contributed by atoms with Crippen LogP contribution in [0, 0.1) is 18.2 Å². The number of halogens is 1. The summed E-state index contributed by atoms with van der Waals surface area (Å²) in [5, 5.41) is 11.4. The zero-order valence-corrected chi connectivity index (χ0v) is 15.6. The van der Waals surface area contributed by atoms with Crippen molar-refractivity contribution >= 4 is 22.9 Å². The zero-order valence-electron chi connectivity index (χ0n) is 14.8. The third-order valence-corrected chi connectivity index (χ3v) is 6.03. The summed E-state index contributed by atoms with van der Waals surface area (Å²) in [6.45, 7) is 9.04. The second-order valence-corrected chi connectivity index (χ2v) is 8.38. The molecular formula is C19H20FNO3S. The molecule has 4 nitrogen and oxygen atoms in total. The Balaban J connectivity index is 2.13. The molecule has 2 aromatic rings. The van der Waals surface area contributed by atoms with Crippen molar-refractivity contribution in [2.75, 3.05) is 0 Å². The number of esters is 1. The Kier molecular flexibility index (Phi) is 3.99. The van der Waals surface area contributed by atoms with E-state index in [2.05, 4.69) is 4.98 Å². The third-order valence-electron chi connectivity index (χ3n) is 5.01. The number of nitrogens with zero attached hydrogens (tertiary/aromatic N) is 1. The van der Waals surface area contributed by atoms with E-state index in [-0.39, 0.29) is 17.1 Å². The molecule has 0 aliphatic carbocycles. The minimum absolute atomic E-state index is 0.0205. The molecule has 0 atom stereocenters. The first-order chi connectivity index (χ1) is 11.5. The van der Waals surface area contributed by atoms with Gasteiger partial charge in [0.05, 0.1) is 11.1 Å². The molecule has 0 saturated carbocycles. The lowest BCUT2D eigenvalue weighted by Crippen LogP contribution is -2.48. The molecule has 1 N–H and O–H groups in total. The van der Waals surface area contributed by atoms with E-state index in [0.29, 0.717) is 10.7 Å². The predicted octanol–water partition coefficient (Wildman–Crippen LogP) is 4.89. The number of cyclic esters (lactones) is 1. The second kappa shape index (κ2) is 5.66. The van der Waals surface area contributed by atoms with E-state index in [4.69, 9.17) is 4.74 Å². The van der Waals surface area contributed by atoms with Crippen LogP contribution in [0.15, 0.2) is 30.0 Å². The van der Waals surface area contributed by atoms with Gasteiger partial charge in [-0.2, -0.15) is 0 Å². The molecule has 0 radical (unpaired) electrons. The molecule has 1 aliphatic heterocycles. The monoisotopic (exact) mass is 361 g/mol. The average molecular weight is 361 g/mol. The van der Waals surface area contributed by atoms with Gasteiger partial charge in [-0.3, -0.25) is 0 Å². The summed E-state index contributed by atoms with van der Waals surface area (Å²) in [6, 6.07) is 6.00. The number of aromatic nitrogens is 1. The number of aryl methyl sites for hydroxylation is 1. The maximum atomic E-state index is 13.1. The van der Waals surface area contributed by atoms with Crippen molar-refractivity contribution < 1.29 is 19.0 Å². The average Bonchev–Trinajstić information content (AvgIpc) is 2.88. The van der Waals surface area contributed by atoms with Crippen molar-refractivity contribution in [3.8, 4) is 10.6 Å². The SMILES string of the molecule is Cc1sc(-c2ccc(F)cc2)nc1C1=C(O)C(C)(C)C(C)(C)OC1=O. The fourth-order valence-electron chi connectivity index (χ4n) is 2.66. The number of thiazole rings is 1. The first-order valence-electron chi connectivity index (χ1n) is 7.95. The molecule has 3 rings (SSSR count). The zero-order chi connectivity index (χ0) is 18.6. The highest BCUT2D eigenvalue weighted by Gasteiger charge is 2.51. The van der Waals surface area contributed by atoms with Crippen LogP contribution in [-0.2, 0) is 9.53 Å². The summed E-state index contributed by atoms with van der Waals surface area (Å²) in [5.74, 6) is -0.925. The molecule has 0 fully saturated rings. The van der Waals surface area contributed by atoms with Gasteiger partial charge < -0.3 is 9.84 Å². The summed E-state index contributed by atoms with van der Waals surface area (Å²) in [6.07, 6.45) is 0. The van der Waals surface area contributed by atoms with Crippen LogP contribution in [0.4, 0.5) is 4.39 Å². The van der Waals surface area contributed by atoms with Crippen LogP contribution in [0.25, 0.3) is 16.1 Å². The van der Waals surface area contributed by atoms with E-state index < -0.39 is 17.0 Å². The summed E-state index contributed by atoms with van der Waals surface area (Å²) in [4.78, 5) is 17.8. The lowest BCUT2D eigenvalue weighted by Gasteiger charge is -2.44. The molecule has 0 saturated heterocycles. The van der Waals surface area contributed by atoms with Gasteiger partial charge in [0.2, 0.25) is 0 Å². The van der Waals surface area contributed by atoms with E-state index in [0.717, 1.165) is 10.4 Å².